The highest BCUT2D eigenvalue weighted by Crippen LogP contribution is 2.69. The molecule has 2 saturated carbocycles. The van der Waals surface area contributed by atoms with Crippen LogP contribution < -0.4 is 10.6 Å². The number of carbonyl (C=O) groups excluding carboxylic acids is 1. The molecule has 11 heteroatoms. The summed E-state index contributed by atoms with van der Waals surface area (Å²) in [4.78, 5) is 26.5. The van der Waals surface area contributed by atoms with Crippen LogP contribution in [-0.2, 0) is 4.79 Å². The van der Waals surface area contributed by atoms with Gasteiger partial charge in [0.2, 0.25) is 11.7 Å². The van der Waals surface area contributed by atoms with Gasteiger partial charge < -0.3 is 25.4 Å². The second kappa shape index (κ2) is 7.15. The molecule has 0 aliphatic heterocycles. The third-order valence-electron chi connectivity index (χ3n) is 6.60. The van der Waals surface area contributed by atoms with Gasteiger partial charge in [0, 0.05) is 20.0 Å². The SMILES string of the molecule is CNC(=O)C1(C)C[C@H]2[C@@H](n3cnc4c(NC)nc(C#Cc5ccc(Cl)s5)nc43)[C@@]2(O)[C@@H]1O. The molecule has 5 rings (SSSR count). The fourth-order valence-electron chi connectivity index (χ4n) is 4.93. The van der Waals surface area contributed by atoms with Crippen LogP contribution >= 0.6 is 22.9 Å². The molecule has 3 aromatic rings. The summed E-state index contributed by atoms with van der Waals surface area (Å²) in [7, 11) is 3.26. The number of imidazole rings is 1. The Hall–Kier alpha value is -2.71. The number of hydrogen-bond donors (Lipinski definition) is 4. The molecule has 0 aromatic carbocycles. The first kappa shape index (κ1) is 21.2. The average molecular weight is 473 g/mol. The van der Waals surface area contributed by atoms with Gasteiger partial charge in [0.05, 0.1) is 33.1 Å². The van der Waals surface area contributed by atoms with E-state index in [2.05, 4.69) is 37.4 Å². The van der Waals surface area contributed by atoms with E-state index in [-0.39, 0.29) is 11.8 Å². The van der Waals surface area contributed by atoms with Crippen molar-refractivity contribution in [2.75, 3.05) is 19.4 Å². The number of halogens is 1. The van der Waals surface area contributed by atoms with Crippen LogP contribution in [-0.4, -0.2) is 61.4 Å². The second-order valence-electron chi connectivity index (χ2n) is 8.37. The minimum atomic E-state index is -1.43. The quantitative estimate of drug-likeness (QED) is 0.424. The first-order valence-electron chi connectivity index (χ1n) is 10.1. The van der Waals surface area contributed by atoms with E-state index in [1.807, 2.05) is 6.07 Å². The van der Waals surface area contributed by atoms with Crippen LogP contribution in [0.25, 0.3) is 11.2 Å². The predicted molar refractivity (Wildman–Crippen MR) is 120 cm³/mol. The van der Waals surface area contributed by atoms with Crippen molar-refractivity contribution in [3.8, 4) is 11.8 Å². The number of aromatic nitrogens is 4. The summed E-state index contributed by atoms with van der Waals surface area (Å²) < 4.78 is 2.40. The van der Waals surface area contributed by atoms with Crippen molar-refractivity contribution < 1.29 is 15.0 Å². The van der Waals surface area contributed by atoms with Gasteiger partial charge in [-0.15, -0.1) is 11.3 Å². The molecule has 5 atom stereocenters. The summed E-state index contributed by atoms with van der Waals surface area (Å²) in [6.45, 7) is 1.68. The normalized spacial score (nSPS) is 30.5. The van der Waals surface area contributed by atoms with E-state index in [1.165, 1.54) is 18.4 Å². The molecule has 0 bridgehead atoms. The molecule has 3 aromatic heterocycles. The van der Waals surface area contributed by atoms with Crippen LogP contribution in [0.3, 0.4) is 0 Å². The Morgan fingerprint density at radius 2 is 2.12 bits per heavy atom. The Kier molecular flexibility index (Phi) is 4.73. The number of amides is 1. The van der Waals surface area contributed by atoms with Crippen LogP contribution in [0, 0.1) is 23.2 Å². The van der Waals surface area contributed by atoms with Crippen molar-refractivity contribution >= 4 is 45.8 Å². The van der Waals surface area contributed by atoms with Gasteiger partial charge in [-0.3, -0.25) is 4.79 Å². The van der Waals surface area contributed by atoms with Crippen molar-refractivity contribution in [2.45, 2.75) is 31.1 Å². The molecule has 2 fully saturated rings. The topological polar surface area (TPSA) is 125 Å². The molecule has 1 unspecified atom stereocenters. The zero-order valence-corrected chi connectivity index (χ0v) is 19.1. The van der Waals surface area contributed by atoms with E-state index in [1.54, 1.807) is 30.9 Å². The van der Waals surface area contributed by atoms with Gasteiger partial charge in [-0.2, -0.15) is 0 Å². The average Bonchev–Trinajstić information content (AvgIpc) is 3.15. The number of anilines is 1. The smallest absolute Gasteiger partial charge is 0.228 e. The lowest BCUT2D eigenvalue weighted by atomic mass is 9.80. The lowest BCUT2D eigenvalue weighted by Gasteiger charge is -2.32. The van der Waals surface area contributed by atoms with Gasteiger partial charge >= 0.3 is 0 Å². The molecule has 3 heterocycles. The lowest BCUT2D eigenvalue weighted by Crippen LogP contribution is -2.49. The number of carbonyl (C=O) groups is 1. The molecule has 4 N–H and O–H groups in total. The number of nitrogens with zero attached hydrogens (tertiary/aromatic N) is 4. The summed E-state index contributed by atoms with van der Waals surface area (Å²) in [5.41, 5.74) is -1.45. The third kappa shape index (κ3) is 2.85. The molecular weight excluding hydrogens is 452 g/mol. The first-order valence-corrected chi connectivity index (χ1v) is 11.3. The standard InChI is InChI=1S/C21H21ClN6O3S/c1-20(19(30)24-3)8-11-15(21(11,31)18(20)29)28-9-25-14-16(23-2)26-13(27-17(14)28)7-5-10-4-6-12(22)32-10/h4,6,9,11,15,18,29,31H,8H2,1-3H3,(H,24,30)(H,23,26,27)/t11-,15+,18+,20?,21+/m0/s1. The minimum absolute atomic E-state index is 0.286. The first-order chi connectivity index (χ1) is 15.2. The molecule has 0 spiro atoms. The second-order valence-corrected chi connectivity index (χ2v) is 10.1. The molecule has 166 valence electrons. The Morgan fingerprint density at radius 3 is 2.72 bits per heavy atom. The minimum Gasteiger partial charge on any atom is -0.389 e. The van der Waals surface area contributed by atoms with Crippen molar-refractivity contribution in [2.24, 2.45) is 11.3 Å². The van der Waals surface area contributed by atoms with E-state index in [0.717, 1.165) is 4.88 Å². The van der Waals surface area contributed by atoms with Crippen LogP contribution in [0.4, 0.5) is 5.82 Å². The third-order valence-corrected chi connectivity index (χ3v) is 7.75. The van der Waals surface area contributed by atoms with Gasteiger partial charge in [0.25, 0.3) is 0 Å². The van der Waals surface area contributed by atoms with Gasteiger partial charge in [-0.1, -0.05) is 11.6 Å². The van der Waals surface area contributed by atoms with Crippen LogP contribution in [0.5, 0.6) is 0 Å². The molecule has 2 aliphatic carbocycles. The highest BCUT2D eigenvalue weighted by Gasteiger charge is 2.79. The Balaban J connectivity index is 1.53. The number of nitrogens with one attached hydrogen (secondary N) is 2. The van der Waals surface area contributed by atoms with E-state index >= 15 is 0 Å². The van der Waals surface area contributed by atoms with Gasteiger partial charge in [-0.05, 0) is 37.3 Å². The molecular formula is C21H21ClN6O3S. The highest BCUT2D eigenvalue weighted by molar-refractivity contribution is 7.16. The fourth-order valence-corrected chi connectivity index (χ4v) is 5.83. The zero-order valence-electron chi connectivity index (χ0n) is 17.5. The van der Waals surface area contributed by atoms with Gasteiger partial charge in [0.15, 0.2) is 17.0 Å². The number of rotatable bonds is 3. The highest BCUT2D eigenvalue weighted by atomic mass is 35.5. The van der Waals surface area contributed by atoms with Gasteiger partial charge in [0.1, 0.15) is 5.60 Å². The van der Waals surface area contributed by atoms with Crippen LogP contribution in [0.2, 0.25) is 4.34 Å². The number of aliphatic hydroxyl groups excluding tert-OH is 1. The monoisotopic (exact) mass is 472 g/mol. The van der Waals surface area contributed by atoms with E-state index < -0.39 is 23.2 Å². The molecule has 0 saturated heterocycles. The van der Waals surface area contributed by atoms with Crippen LogP contribution in [0.15, 0.2) is 18.5 Å². The zero-order chi connectivity index (χ0) is 22.8. The van der Waals surface area contributed by atoms with Gasteiger partial charge in [-0.25, -0.2) is 15.0 Å². The Labute approximate surface area is 192 Å². The van der Waals surface area contributed by atoms with Crippen molar-refractivity contribution in [1.82, 2.24) is 24.8 Å². The maximum atomic E-state index is 12.3. The molecule has 1 amide bonds. The molecule has 9 nitrogen and oxygen atoms in total. The number of thiophene rings is 1. The summed E-state index contributed by atoms with van der Waals surface area (Å²) in [5.74, 6) is 6.18. The van der Waals surface area contributed by atoms with Crippen molar-refractivity contribution in [1.29, 1.82) is 0 Å². The summed E-state index contributed by atoms with van der Waals surface area (Å²) in [6, 6.07) is 3.16. The van der Waals surface area contributed by atoms with Crippen molar-refractivity contribution in [3.05, 3.63) is 33.5 Å². The summed E-state index contributed by atoms with van der Waals surface area (Å²) in [6.07, 6.45) is 0.724. The maximum Gasteiger partial charge on any atom is 0.228 e. The fraction of sp³-hybridized carbons (Fsp3) is 0.429. The van der Waals surface area contributed by atoms with E-state index in [9.17, 15) is 15.0 Å². The predicted octanol–water partition coefficient (Wildman–Crippen LogP) is 1.40. The largest absolute Gasteiger partial charge is 0.389 e. The number of aliphatic hydroxyl groups is 2. The molecule has 32 heavy (non-hydrogen) atoms. The Bertz CT molecular complexity index is 1310. The van der Waals surface area contributed by atoms with E-state index in [0.29, 0.717) is 33.6 Å². The number of fused-ring (bicyclic) bond motifs is 2. The number of hydrogen-bond acceptors (Lipinski definition) is 8. The lowest BCUT2D eigenvalue weighted by molar-refractivity contribution is -0.140. The molecule has 0 radical (unpaired) electrons. The summed E-state index contributed by atoms with van der Waals surface area (Å²) >= 11 is 7.33. The van der Waals surface area contributed by atoms with Crippen LogP contribution in [0.1, 0.15) is 30.1 Å². The van der Waals surface area contributed by atoms with E-state index in [4.69, 9.17) is 11.6 Å². The maximum absolute atomic E-state index is 12.3. The Morgan fingerprint density at radius 1 is 1.34 bits per heavy atom. The van der Waals surface area contributed by atoms with Crippen molar-refractivity contribution in [3.63, 3.8) is 0 Å². The summed E-state index contributed by atoms with van der Waals surface area (Å²) in [5, 5.41) is 27.8. The molecule has 2 aliphatic rings.